The lowest BCUT2D eigenvalue weighted by molar-refractivity contribution is 0.598. The fourth-order valence-corrected chi connectivity index (χ4v) is 3.02. The van der Waals surface area contributed by atoms with Gasteiger partial charge in [-0.3, -0.25) is 4.72 Å². The number of alkyl halides is 1. The minimum absolute atomic E-state index is 0.0248. The lowest BCUT2D eigenvalue weighted by Crippen LogP contribution is -2.13. The predicted molar refractivity (Wildman–Crippen MR) is 77.8 cm³/mol. The fourth-order valence-electron chi connectivity index (χ4n) is 1.58. The summed E-state index contributed by atoms with van der Waals surface area (Å²) in [6.07, 6.45) is 1.49. The van der Waals surface area contributed by atoms with Crippen LogP contribution in [0.4, 0.5) is 5.69 Å². The average Bonchev–Trinajstić information content (AvgIpc) is 2.70. The third kappa shape index (κ3) is 3.16. The summed E-state index contributed by atoms with van der Waals surface area (Å²) in [4.78, 5) is 4.02. The molecular formula is C12H14BrN3O2S. The van der Waals surface area contributed by atoms with Crippen LogP contribution in [0.2, 0.25) is 0 Å². The summed E-state index contributed by atoms with van der Waals surface area (Å²) in [7, 11) is -1.88. The molecule has 0 aliphatic rings. The first-order valence-corrected chi connectivity index (χ1v) is 8.20. The molecule has 0 unspecified atom stereocenters. The zero-order chi connectivity index (χ0) is 14.0. The molecule has 0 fully saturated rings. The zero-order valence-electron chi connectivity index (χ0n) is 10.6. The van der Waals surface area contributed by atoms with Crippen LogP contribution in [-0.2, 0) is 22.4 Å². The van der Waals surface area contributed by atoms with Gasteiger partial charge in [0.05, 0.1) is 0 Å². The molecule has 0 atom stereocenters. The monoisotopic (exact) mass is 343 g/mol. The molecule has 1 aromatic carbocycles. The van der Waals surface area contributed by atoms with Gasteiger partial charge in [0.15, 0.2) is 5.03 Å². The largest absolute Gasteiger partial charge is 0.337 e. The van der Waals surface area contributed by atoms with Crippen molar-refractivity contribution < 1.29 is 8.42 Å². The Bertz CT molecular complexity index is 675. The third-order valence-electron chi connectivity index (χ3n) is 2.70. The summed E-state index contributed by atoms with van der Waals surface area (Å²) in [5.41, 5.74) is 1.53. The molecule has 2 rings (SSSR count). The van der Waals surface area contributed by atoms with E-state index < -0.39 is 10.0 Å². The summed E-state index contributed by atoms with van der Waals surface area (Å²) in [5, 5.41) is 0.697. The Morgan fingerprint density at radius 3 is 2.74 bits per heavy atom. The zero-order valence-corrected chi connectivity index (χ0v) is 13.0. The highest BCUT2D eigenvalue weighted by Gasteiger charge is 2.18. The van der Waals surface area contributed by atoms with Crippen molar-refractivity contribution >= 4 is 31.6 Å². The van der Waals surface area contributed by atoms with E-state index in [0.29, 0.717) is 16.8 Å². The number of anilines is 1. The Labute approximate surface area is 120 Å². The van der Waals surface area contributed by atoms with Crippen LogP contribution < -0.4 is 4.72 Å². The highest BCUT2D eigenvalue weighted by molar-refractivity contribution is 9.08. The topological polar surface area (TPSA) is 64.0 Å². The van der Waals surface area contributed by atoms with Gasteiger partial charge >= 0.3 is 0 Å². The van der Waals surface area contributed by atoms with Crippen molar-refractivity contribution in [1.29, 1.82) is 0 Å². The van der Waals surface area contributed by atoms with Crippen molar-refractivity contribution in [2.75, 3.05) is 4.72 Å². The smallest absolute Gasteiger partial charge is 0.280 e. The summed E-state index contributed by atoms with van der Waals surface area (Å²) in [6.45, 7) is 1.75. The summed E-state index contributed by atoms with van der Waals surface area (Å²) in [5.74, 6) is 0.648. The molecule has 7 heteroatoms. The SMILES string of the molecule is Cc1nc(S(=O)(=O)Nc2cccc(CBr)c2)cn1C. The Kier molecular flexibility index (Phi) is 3.96. The number of nitrogens with zero attached hydrogens (tertiary/aromatic N) is 2. The number of halogens is 1. The highest BCUT2D eigenvalue weighted by Crippen LogP contribution is 2.17. The van der Waals surface area contributed by atoms with Gasteiger partial charge in [0.1, 0.15) is 5.82 Å². The highest BCUT2D eigenvalue weighted by atomic mass is 79.9. The van der Waals surface area contributed by atoms with Crippen LogP contribution in [-0.4, -0.2) is 18.0 Å². The fraction of sp³-hybridized carbons (Fsp3) is 0.250. The van der Waals surface area contributed by atoms with Gasteiger partial charge in [-0.15, -0.1) is 0 Å². The van der Waals surface area contributed by atoms with Crippen molar-refractivity contribution in [2.45, 2.75) is 17.3 Å². The Balaban J connectivity index is 2.30. The van der Waals surface area contributed by atoms with E-state index in [0.717, 1.165) is 5.56 Å². The molecule has 1 aromatic heterocycles. The molecule has 0 saturated heterocycles. The summed E-state index contributed by atoms with van der Waals surface area (Å²) < 4.78 is 28.5. The molecule has 0 amide bonds. The van der Waals surface area contributed by atoms with Gasteiger partial charge in [-0.2, -0.15) is 8.42 Å². The number of benzene rings is 1. The Morgan fingerprint density at radius 1 is 1.42 bits per heavy atom. The molecule has 0 aliphatic carbocycles. The standard InChI is InChI=1S/C12H14BrN3O2S/c1-9-14-12(8-16(9)2)19(17,18)15-11-5-3-4-10(6-11)7-13/h3-6,8,15H,7H2,1-2H3. The van der Waals surface area contributed by atoms with Crippen LogP contribution in [0.5, 0.6) is 0 Å². The molecule has 102 valence electrons. The van der Waals surface area contributed by atoms with Crippen LogP contribution in [0.1, 0.15) is 11.4 Å². The van der Waals surface area contributed by atoms with Crippen LogP contribution in [0.15, 0.2) is 35.5 Å². The second kappa shape index (κ2) is 5.34. The van der Waals surface area contributed by atoms with E-state index in [1.54, 1.807) is 36.7 Å². The van der Waals surface area contributed by atoms with E-state index in [1.807, 2.05) is 6.07 Å². The van der Waals surface area contributed by atoms with Crippen LogP contribution in [0.3, 0.4) is 0 Å². The van der Waals surface area contributed by atoms with Gasteiger partial charge in [-0.1, -0.05) is 28.1 Å². The van der Waals surface area contributed by atoms with Crippen molar-refractivity contribution in [3.8, 4) is 0 Å². The molecule has 0 aliphatic heterocycles. The van der Waals surface area contributed by atoms with Gasteiger partial charge in [-0.25, -0.2) is 4.98 Å². The molecule has 0 spiro atoms. The number of imidazole rings is 1. The van der Waals surface area contributed by atoms with Gasteiger partial charge < -0.3 is 4.57 Å². The molecular weight excluding hydrogens is 330 g/mol. The normalized spacial score (nSPS) is 11.5. The van der Waals surface area contributed by atoms with Crippen LogP contribution >= 0.6 is 15.9 Å². The second-order valence-electron chi connectivity index (χ2n) is 4.18. The van der Waals surface area contributed by atoms with Crippen molar-refractivity contribution in [3.05, 3.63) is 41.9 Å². The number of nitrogens with one attached hydrogen (secondary N) is 1. The van der Waals surface area contributed by atoms with Gasteiger partial charge in [0, 0.05) is 24.3 Å². The quantitative estimate of drug-likeness (QED) is 0.867. The van der Waals surface area contributed by atoms with Crippen molar-refractivity contribution in [2.24, 2.45) is 7.05 Å². The maximum Gasteiger partial charge on any atom is 0.280 e. The molecule has 2 aromatic rings. The molecule has 1 heterocycles. The first kappa shape index (κ1) is 14.1. The maximum atomic E-state index is 12.2. The minimum atomic E-state index is -3.64. The molecule has 19 heavy (non-hydrogen) atoms. The molecule has 0 radical (unpaired) electrons. The number of rotatable bonds is 4. The number of hydrogen-bond acceptors (Lipinski definition) is 3. The lowest BCUT2D eigenvalue weighted by Gasteiger charge is -2.06. The minimum Gasteiger partial charge on any atom is -0.337 e. The van der Waals surface area contributed by atoms with Gasteiger partial charge in [0.25, 0.3) is 10.0 Å². The van der Waals surface area contributed by atoms with Gasteiger partial charge in [0.2, 0.25) is 0 Å². The van der Waals surface area contributed by atoms with E-state index in [1.165, 1.54) is 6.20 Å². The summed E-state index contributed by atoms with van der Waals surface area (Å²) in [6, 6.07) is 7.21. The number of sulfonamides is 1. The number of aryl methyl sites for hydroxylation is 2. The van der Waals surface area contributed by atoms with E-state index in [-0.39, 0.29) is 5.03 Å². The van der Waals surface area contributed by atoms with E-state index >= 15 is 0 Å². The van der Waals surface area contributed by atoms with Crippen LogP contribution in [0.25, 0.3) is 0 Å². The lowest BCUT2D eigenvalue weighted by atomic mass is 10.2. The van der Waals surface area contributed by atoms with Crippen molar-refractivity contribution in [1.82, 2.24) is 9.55 Å². The molecule has 0 bridgehead atoms. The number of aromatic nitrogens is 2. The number of hydrogen-bond donors (Lipinski definition) is 1. The summed E-state index contributed by atoms with van der Waals surface area (Å²) >= 11 is 3.34. The van der Waals surface area contributed by atoms with E-state index in [2.05, 4.69) is 25.6 Å². The average molecular weight is 344 g/mol. The van der Waals surface area contributed by atoms with E-state index in [9.17, 15) is 8.42 Å². The Morgan fingerprint density at radius 2 is 2.16 bits per heavy atom. The van der Waals surface area contributed by atoms with Gasteiger partial charge in [-0.05, 0) is 24.6 Å². The molecule has 0 saturated carbocycles. The first-order chi connectivity index (χ1) is 8.92. The Hall–Kier alpha value is -1.34. The van der Waals surface area contributed by atoms with E-state index in [4.69, 9.17) is 0 Å². The molecule has 5 nitrogen and oxygen atoms in total. The molecule has 1 N–H and O–H groups in total. The maximum absolute atomic E-state index is 12.2. The second-order valence-corrected chi connectivity index (χ2v) is 6.37. The van der Waals surface area contributed by atoms with Crippen LogP contribution in [0, 0.1) is 6.92 Å². The van der Waals surface area contributed by atoms with Crippen molar-refractivity contribution in [3.63, 3.8) is 0 Å². The predicted octanol–water partition coefficient (Wildman–Crippen LogP) is 2.42. The first-order valence-electron chi connectivity index (χ1n) is 5.60. The third-order valence-corrected chi connectivity index (χ3v) is 4.59.